The lowest BCUT2D eigenvalue weighted by atomic mass is 9.86. The zero-order valence-electron chi connectivity index (χ0n) is 13.0. The van der Waals surface area contributed by atoms with Crippen molar-refractivity contribution in [1.29, 1.82) is 0 Å². The minimum absolute atomic E-state index is 0.0140. The quantitative estimate of drug-likeness (QED) is 0.846. The van der Waals surface area contributed by atoms with E-state index in [9.17, 15) is 4.79 Å². The first-order valence-electron chi connectivity index (χ1n) is 7.95. The molecule has 0 unspecified atom stereocenters. The van der Waals surface area contributed by atoms with Gasteiger partial charge in [-0.2, -0.15) is 0 Å². The maximum absolute atomic E-state index is 12.1. The average Bonchev–Trinajstić information content (AvgIpc) is 2.49. The molecular formula is C17H26N2O2. The molecule has 0 bridgehead atoms. The topological polar surface area (TPSA) is 50.4 Å². The molecule has 1 saturated carbocycles. The van der Waals surface area contributed by atoms with Crippen LogP contribution in [0.4, 0.5) is 5.69 Å². The third kappa shape index (κ3) is 4.74. The van der Waals surface area contributed by atoms with Gasteiger partial charge in [0, 0.05) is 6.04 Å². The Morgan fingerprint density at radius 2 is 2.05 bits per heavy atom. The van der Waals surface area contributed by atoms with Crippen molar-refractivity contribution >= 4 is 11.6 Å². The van der Waals surface area contributed by atoms with Gasteiger partial charge < -0.3 is 15.4 Å². The second-order valence-corrected chi connectivity index (χ2v) is 5.73. The predicted octanol–water partition coefficient (Wildman–Crippen LogP) is 3.19. The van der Waals surface area contributed by atoms with Gasteiger partial charge in [0.15, 0.2) is 0 Å². The van der Waals surface area contributed by atoms with E-state index in [2.05, 4.69) is 17.6 Å². The van der Waals surface area contributed by atoms with E-state index in [1.165, 1.54) is 25.7 Å². The van der Waals surface area contributed by atoms with Gasteiger partial charge in [0.1, 0.15) is 5.75 Å². The van der Waals surface area contributed by atoms with Crippen LogP contribution >= 0.6 is 0 Å². The number of carbonyl (C=O) groups is 1. The first-order valence-corrected chi connectivity index (χ1v) is 7.95. The fraction of sp³-hybridized carbons (Fsp3) is 0.588. The highest BCUT2D eigenvalue weighted by molar-refractivity contribution is 5.93. The molecule has 116 valence electrons. The summed E-state index contributed by atoms with van der Waals surface area (Å²) in [7, 11) is 0. The summed E-state index contributed by atoms with van der Waals surface area (Å²) in [5, 5.41) is 6.31. The zero-order chi connectivity index (χ0) is 15.1. The molecule has 2 N–H and O–H groups in total. The maximum Gasteiger partial charge on any atom is 0.238 e. The molecule has 4 heteroatoms. The largest absolute Gasteiger partial charge is 0.492 e. The average molecular weight is 290 g/mol. The molecule has 0 saturated heterocycles. The molecule has 21 heavy (non-hydrogen) atoms. The van der Waals surface area contributed by atoms with Gasteiger partial charge in [0.2, 0.25) is 5.91 Å². The minimum atomic E-state index is -0.0140. The van der Waals surface area contributed by atoms with E-state index in [0.29, 0.717) is 25.1 Å². The number of carbonyl (C=O) groups excluding carboxylic acids is 1. The monoisotopic (exact) mass is 290 g/mol. The maximum atomic E-state index is 12.1. The Morgan fingerprint density at radius 3 is 2.81 bits per heavy atom. The third-order valence-electron chi connectivity index (χ3n) is 4.10. The van der Waals surface area contributed by atoms with Crippen molar-refractivity contribution in [3.05, 3.63) is 24.3 Å². The molecule has 2 atom stereocenters. The van der Waals surface area contributed by atoms with Crippen molar-refractivity contribution in [3.8, 4) is 5.75 Å². The van der Waals surface area contributed by atoms with Gasteiger partial charge in [-0.05, 0) is 37.8 Å². The highest BCUT2D eigenvalue weighted by Crippen LogP contribution is 2.24. The van der Waals surface area contributed by atoms with E-state index in [0.717, 1.165) is 11.4 Å². The number of ether oxygens (including phenoxy) is 1. The number of para-hydroxylation sites is 2. The normalized spacial score (nSPS) is 21.8. The van der Waals surface area contributed by atoms with Gasteiger partial charge >= 0.3 is 0 Å². The highest BCUT2D eigenvalue weighted by Gasteiger charge is 2.21. The molecule has 0 radical (unpaired) electrons. The summed E-state index contributed by atoms with van der Waals surface area (Å²) in [5.41, 5.74) is 0.739. The van der Waals surface area contributed by atoms with E-state index in [1.54, 1.807) is 0 Å². The van der Waals surface area contributed by atoms with Crippen LogP contribution in [0.2, 0.25) is 0 Å². The molecular weight excluding hydrogens is 264 g/mol. The molecule has 1 fully saturated rings. The second-order valence-electron chi connectivity index (χ2n) is 5.73. The molecule has 0 aromatic heterocycles. The first-order chi connectivity index (χ1) is 10.2. The van der Waals surface area contributed by atoms with Crippen LogP contribution in [0.1, 0.15) is 39.5 Å². The van der Waals surface area contributed by atoms with E-state index < -0.39 is 0 Å². The van der Waals surface area contributed by atoms with Crippen molar-refractivity contribution < 1.29 is 9.53 Å². The second kappa shape index (κ2) is 8.03. The van der Waals surface area contributed by atoms with Crippen molar-refractivity contribution in [2.45, 2.75) is 45.6 Å². The van der Waals surface area contributed by atoms with Crippen LogP contribution < -0.4 is 15.4 Å². The van der Waals surface area contributed by atoms with Crippen molar-refractivity contribution in [2.24, 2.45) is 5.92 Å². The fourth-order valence-electron chi connectivity index (χ4n) is 2.89. The fourth-order valence-corrected chi connectivity index (χ4v) is 2.89. The van der Waals surface area contributed by atoms with Gasteiger partial charge in [-0.25, -0.2) is 0 Å². The molecule has 2 rings (SSSR count). The molecule has 1 aromatic carbocycles. The number of anilines is 1. The smallest absolute Gasteiger partial charge is 0.238 e. The van der Waals surface area contributed by atoms with E-state index >= 15 is 0 Å². The Hall–Kier alpha value is -1.55. The Balaban J connectivity index is 1.84. The minimum Gasteiger partial charge on any atom is -0.492 e. The predicted molar refractivity (Wildman–Crippen MR) is 85.7 cm³/mol. The Bertz CT molecular complexity index is 462. The summed E-state index contributed by atoms with van der Waals surface area (Å²) in [5.74, 6) is 1.36. The van der Waals surface area contributed by atoms with Crippen molar-refractivity contribution in [2.75, 3.05) is 18.5 Å². The molecule has 0 heterocycles. The number of amides is 1. The SMILES string of the molecule is CCOc1ccccc1NC(=O)CN[C@@H]1CCCC[C@H]1C. The van der Waals surface area contributed by atoms with Crippen LogP contribution in [-0.4, -0.2) is 25.1 Å². The molecule has 1 amide bonds. The van der Waals surface area contributed by atoms with Gasteiger partial charge in [0.25, 0.3) is 0 Å². The van der Waals surface area contributed by atoms with E-state index in [1.807, 2.05) is 31.2 Å². The first kappa shape index (κ1) is 15.8. The number of hydrogen-bond acceptors (Lipinski definition) is 3. The number of nitrogens with one attached hydrogen (secondary N) is 2. The van der Waals surface area contributed by atoms with Crippen LogP contribution in [0.5, 0.6) is 5.75 Å². The standard InChI is InChI=1S/C17H26N2O2/c1-3-21-16-11-7-6-10-15(16)19-17(20)12-18-14-9-5-4-8-13(14)2/h6-7,10-11,13-14,18H,3-5,8-9,12H2,1-2H3,(H,19,20)/t13-,14-/m1/s1. The summed E-state index contributed by atoms with van der Waals surface area (Å²) < 4.78 is 5.51. The van der Waals surface area contributed by atoms with E-state index in [4.69, 9.17) is 4.74 Å². The Kier molecular flexibility index (Phi) is 6.05. The van der Waals surface area contributed by atoms with Crippen molar-refractivity contribution in [3.63, 3.8) is 0 Å². The van der Waals surface area contributed by atoms with Crippen LogP contribution in [0.3, 0.4) is 0 Å². The lowest BCUT2D eigenvalue weighted by molar-refractivity contribution is -0.115. The molecule has 1 aliphatic carbocycles. The lowest BCUT2D eigenvalue weighted by Crippen LogP contribution is -2.41. The third-order valence-corrected chi connectivity index (χ3v) is 4.10. The van der Waals surface area contributed by atoms with Crippen LogP contribution in [0.25, 0.3) is 0 Å². The Morgan fingerprint density at radius 1 is 1.29 bits per heavy atom. The summed E-state index contributed by atoms with van der Waals surface area (Å²) >= 11 is 0. The summed E-state index contributed by atoms with van der Waals surface area (Å²) in [4.78, 5) is 12.1. The zero-order valence-corrected chi connectivity index (χ0v) is 13.0. The molecule has 0 aliphatic heterocycles. The molecule has 0 spiro atoms. The molecule has 1 aromatic rings. The van der Waals surface area contributed by atoms with Crippen molar-refractivity contribution in [1.82, 2.24) is 5.32 Å². The Labute approximate surface area is 127 Å². The number of benzene rings is 1. The van der Waals surface area contributed by atoms with E-state index in [-0.39, 0.29) is 5.91 Å². The summed E-state index contributed by atoms with van der Waals surface area (Å²) in [6.45, 7) is 5.14. The van der Waals surface area contributed by atoms with Gasteiger partial charge in [0.05, 0.1) is 18.8 Å². The lowest BCUT2D eigenvalue weighted by Gasteiger charge is -2.29. The summed E-state index contributed by atoms with van der Waals surface area (Å²) in [6, 6.07) is 8.01. The summed E-state index contributed by atoms with van der Waals surface area (Å²) in [6.07, 6.45) is 5.00. The molecule has 4 nitrogen and oxygen atoms in total. The number of hydrogen-bond donors (Lipinski definition) is 2. The van der Waals surface area contributed by atoms with Gasteiger partial charge in [-0.15, -0.1) is 0 Å². The van der Waals surface area contributed by atoms with Crippen LogP contribution in [0.15, 0.2) is 24.3 Å². The van der Waals surface area contributed by atoms with Crippen LogP contribution in [0, 0.1) is 5.92 Å². The van der Waals surface area contributed by atoms with Gasteiger partial charge in [-0.3, -0.25) is 4.79 Å². The van der Waals surface area contributed by atoms with Gasteiger partial charge in [-0.1, -0.05) is 31.9 Å². The molecule has 1 aliphatic rings. The number of rotatable bonds is 6. The van der Waals surface area contributed by atoms with Crippen LogP contribution in [-0.2, 0) is 4.79 Å². The highest BCUT2D eigenvalue weighted by atomic mass is 16.5.